The lowest BCUT2D eigenvalue weighted by atomic mass is 9.77. The van der Waals surface area contributed by atoms with Crippen molar-refractivity contribution in [3.63, 3.8) is 0 Å². The molecule has 0 unspecified atom stereocenters. The summed E-state index contributed by atoms with van der Waals surface area (Å²) in [6.07, 6.45) is 9.20. The van der Waals surface area contributed by atoms with Gasteiger partial charge < -0.3 is 14.2 Å². The van der Waals surface area contributed by atoms with Gasteiger partial charge in [-0.05, 0) is 42.9 Å². The van der Waals surface area contributed by atoms with Crippen LogP contribution in [0.1, 0.15) is 40.0 Å². The maximum absolute atomic E-state index is 12.6. The maximum atomic E-state index is 12.6. The van der Waals surface area contributed by atoms with E-state index in [1.54, 1.807) is 24.5 Å². The van der Waals surface area contributed by atoms with Crippen molar-refractivity contribution in [2.75, 3.05) is 26.2 Å². The van der Waals surface area contributed by atoms with Gasteiger partial charge in [0.2, 0.25) is 0 Å². The molecule has 0 saturated carbocycles. The molecule has 6 heteroatoms. The van der Waals surface area contributed by atoms with E-state index < -0.39 is 0 Å². The Morgan fingerprint density at radius 3 is 2.36 bits per heavy atom. The quantitative estimate of drug-likeness (QED) is 0.843. The van der Waals surface area contributed by atoms with Gasteiger partial charge in [-0.25, -0.2) is 0 Å². The third-order valence-corrected chi connectivity index (χ3v) is 5.51. The molecule has 25 heavy (non-hydrogen) atoms. The highest BCUT2D eigenvalue weighted by atomic mass is 16.3. The van der Waals surface area contributed by atoms with Gasteiger partial charge in [0.15, 0.2) is 0 Å². The van der Waals surface area contributed by atoms with Crippen LogP contribution < -0.4 is 0 Å². The van der Waals surface area contributed by atoms with Crippen LogP contribution in [0.4, 0.5) is 0 Å². The number of hydrogen-bond acceptors (Lipinski definition) is 4. The maximum Gasteiger partial charge on any atom is 0.257 e. The molecule has 4 rings (SSSR count). The third kappa shape index (κ3) is 3.04. The van der Waals surface area contributed by atoms with Gasteiger partial charge in [-0.15, -0.1) is 0 Å². The van der Waals surface area contributed by atoms with Gasteiger partial charge in [0.25, 0.3) is 11.8 Å². The SMILES string of the molecule is O=C(c1ccoc1)N1CCC2(CC1)CCN(C(=O)c1cccnc1)C2. The minimum atomic E-state index is 0.0323. The highest BCUT2D eigenvalue weighted by Gasteiger charge is 2.43. The van der Waals surface area contributed by atoms with E-state index in [-0.39, 0.29) is 17.2 Å². The number of furan rings is 1. The first-order valence-corrected chi connectivity index (χ1v) is 8.68. The number of carbonyl (C=O) groups excluding carboxylic acids is 2. The number of pyridine rings is 1. The molecule has 2 aromatic rings. The number of aromatic nitrogens is 1. The molecule has 0 radical (unpaired) electrons. The number of rotatable bonds is 2. The molecular formula is C19H21N3O3. The van der Waals surface area contributed by atoms with Crippen LogP contribution in [0.15, 0.2) is 47.5 Å². The van der Waals surface area contributed by atoms with Crippen molar-refractivity contribution in [1.82, 2.24) is 14.8 Å². The van der Waals surface area contributed by atoms with Crippen LogP contribution in [0.25, 0.3) is 0 Å². The average molecular weight is 339 g/mol. The van der Waals surface area contributed by atoms with E-state index >= 15 is 0 Å². The number of hydrogen-bond donors (Lipinski definition) is 0. The summed E-state index contributed by atoms with van der Waals surface area (Å²) in [5.41, 5.74) is 1.40. The normalized spacial score (nSPS) is 19.4. The molecular weight excluding hydrogens is 318 g/mol. The molecule has 6 nitrogen and oxygen atoms in total. The zero-order valence-corrected chi connectivity index (χ0v) is 14.1. The summed E-state index contributed by atoms with van der Waals surface area (Å²) in [4.78, 5) is 32.9. The lowest BCUT2D eigenvalue weighted by molar-refractivity contribution is 0.0565. The second-order valence-corrected chi connectivity index (χ2v) is 7.02. The van der Waals surface area contributed by atoms with Gasteiger partial charge >= 0.3 is 0 Å². The Morgan fingerprint density at radius 1 is 1.00 bits per heavy atom. The van der Waals surface area contributed by atoms with Gasteiger partial charge in [0.1, 0.15) is 6.26 Å². The van der Waals surface area contributed by atoms with Gasteiger partial charge in [-0.2, -0.15) is 0 Å². The first kappa shape index (κ1) is 15.9. The highest BCUT2D eigenvalue weighted by Crippen LogP contribution is 2.41. The highest BCUT2D eigenvalue weighted by molar-refractivity contribution is 5.94. The van der Waals surface area contributed by atoms with E-state index in [4.69, 9.17) is 4.42 Å². The first-order chi connectivity index (χ1) is 12.2. The van der Waals surface area contributed by atoms with Crippen LogP contribution in [0.5, 0.6) is 0 Å². The molecule has 0 atom stereocenters. The number of nitrogens with zero attached hydrogens (tertiary/aromatic N) is 3. The number of likely N-dealkylation sites (tertiary alicyclic amines) is 2. The molecule has 0 bridgehead atoms. The summed E-state index contributed by atoms with van der Waals surface area (Å²) in [5, 5.41) is 0. The van der Waals surface area contributed by atoms with E-state index in [1.807, 2.05) is 15.9 Å². The Hall–Kier alpha value is -2.63. The van der Waals surface area contributed by atoms with Crippen LogP contribution >= 0.6 is 0 Å². The molecule has 0 aromatic carbocycles. The van der Waals surface area contributed by atoms with Crippen molar-refractivity contribution in [3.8, 4) is 0 Å². The smallest absolute Gasteiger partial charge is 0.257 e. The fraction of sp³-hybridized carbons (Fsp3) is 0.421. The average Bonchev–Trinajstić information content (AvgIpc) is 3.33. The topological polar surface area (TPSA) is 66.7 Å². The predicted molar refractivity (Wildman–Crippen MR) is 91.0 cm³/mol. The molecule has 2 fully saturated rings. The van der Waals surface area contributed by atoms with Gasteiger partial charge in [-0.3, -0.25) is 14.6 Å². The number of amides is 2. The Labute approximate surface area is 146 Å². The van der Waals surface area contributed by atoms with Crippen molar-refractivity contribution < 1.29 is 14.0 Å². The zero-order chi connectivity index (χ0) is 17.3. The largest absolute Gasteiger partial charge is 0.472 e. The molecule has 0 aliphatic carbocycles. The lowest BCUT2D eigenvalue weighted by Gasteiger charge is -2.39. The number of piperidine rings is 1. The molecule has 0 N–H and O–H groups in total. The second-order valence-electron chi connectivity index (χ2n) is 7.02. The van der Waals surface area contributed by atoms with Crippen LogP contribution in [0.2, 0.25) is 0 Å². The molecule has 4 heterocycles. The minimum Gasteiger partial charge on any atom is -0.472 e. The fourth-order valence-corrected chi connectivity index (χ4v) is 3.94. The molecule has 2 amide bonds. The Bertz CT molecular complexity index is 749. The van der Waals surface area contributed by atoms with E-state index in [2.05, 4.69) is 4.98 Å². The van der Waals surface area contributed by atoms with Crippen LogP contribution in [-0.4, -0.2) is 52.8 Å². The summed E-state index contributed by atoms with van der Waals surface area (Å²) in [5.74, 6) is 0.0896. The Kier molecular flexibility index (Phi) is 4.03. The van der Waals surface area contributed by atoms with Crippen LogP contribution in [0, 0.1) is 5.41 Å². The van der Waals surface area contributed by atoms with Crippen molar-refractivity contribution in [1.29, 1.82) is 0 Å². The summed E-state index contributed by atoms with van der Waals surface area (Å²) < 4.78 is 5.01. The monoisotopic (exact) mass is 339 g/mol. The fourth-order valence-electron chi connectivity index (χ4n) is 3.94. The summed E-state index contributed by atoms with van der Waals surface area (Å²) in [6, 6.07) is 5.31. The first-order valence-electron chi connectivity index (χ1n) is 8.68. The van der Waals surface area contributed by atoms with E-state index in [0.717, 1.165) is 45.4 Å². The molecule has 2 aromatic heterocycles. The van der Waals surface area contributed by atoms with Crippen LogP contribution in [-0.2, 0) is 0 Å². The summed E-state index contributed by atoms with van der Waals surface area (Å²) >= 11 is 0. The van der Waals surface area contributed by atoms with Crippen molar-refractivity contribution >= 4 is 11.8 Å². The zero-order valence-electron chi connectivity index (χ0n) is 14.1. The van der Waals surface area contributed by atoms with Crippen molar-refractivity contribution in [2.24, 2.45) is 5.41 Å². The Balaban J connectivity index is 1.37. The molecule has 2 aliphatic rings. The van der Waals surface area contributed by atoms with E-state index in [0.29, 0.717) is 11.1 Å². The van der Waals surface area contributed by atoms with E-state index in [9.17, 15) is 9.59 Å². The van der Waals surface area contributed by atoms with Gasteiger partial charge in [0, 0.05) is 38.6 Å². The minimum absolute atomic E-state index is 0.0323. The summed E-state index contributed by atoms with van der Waals surface area (Å²) in [6.45, 7) is 3.02. The van der Waals surface area contributed by atoms with Gasteiger partial charge in [-0.1, -0.05) is 0 Å². The predicted octanol–water partition coefficient (Wildman–Crippen LogP) is 2.44. The van der Waals surface area contributed by atoms with Gasteiger partial charge in [0.05, 0.1) is 17.4 Å². The van der Waals surface area contributed by atoms with Crippen LogP contribution in [0.3, 0.4) is 0 Å². The molecule has 2 aliphatic heterocycles. The van der Waals surface area contributed by atoms with E-state index in [1.165, 1.54) is 12.5 Å². The standard InChI is InChI=1S/C19H21N3O3/c23-17(15-2-1-7-20-12-15)22-10-6-19(14-22)4-8-21(9-5-19)18(24)16-3-11-25-13-16/h1-3,7,11-13H,4-6,8-10,14H2. The summed E-state index contributed by atoms with van der Waals surface area (Å²) in [7, 11) is 0. The van der Waals surface area contributed by atoms with Crippen molar-refractivity contribution in [3.05, 3.63) is 54.2 Å². The number of carbonyl (C=O) groups is 2. The molecule has 130 valence electrons. The Morgan fingerprint density at radius 2 is 1.72 bits per heavy atom. The molecule has 2 saturated heterocycles. The second kappa shape index (κ2) is 6.35. The molecule has 1 spiro atoms. The third-order valence-electron chi connectivity index (χ3n) is 5.51. The van der Waals surface area contributed by atoms with Crippen molar-refractivity contribution in [2.45, 2.75) is 19.3 Å². The lowest BCUT2D eigenvalue weighted by Crippen LogP contribution is -2.44.